The predicted octanol–water partition coefficient (Wildman–Crippen LogP) is 1.98. The number of ether oxygens (including phenoxy) is 1. The lowest BCUT2D eigenvalue weighted by Gasteiger charge is -2.20. The van der Waals surface area contributed by atoms with Gasteiger partial charge >= 0.3 is 21.3 Å². The van der Waals surface area contributed by atoms with Crippen molar-refractivity contribution >= 4 is 16.1 Å². The number of unbranched alkanes of at least 4 members (excludes halogenated alkanes) is 2. The van der Waals surface area contributed by atoms with Crippen LogP contribution in [0.1, 0.15) is 39.5 Å². The van der Waals surface area contributed by atoms with Crippen molar-refractivity contribution in [3.05, 3.63) is 0 Å². The zero-order valence-corrected chi connectivity index (χ0v) is 10.5. The molecule has 0 bridgehead atoms. The van der Waals surface area contributed by atoms with E-state index in [1.165, 1.54) is 0 Å². The zero-order valence-electron chi connectivity index (χ0n) is 9.65. The highest BCUT2D eigenvalue weighted by Crippen LogP contribution is 2.27. The fourth-order valence-electron chi connectivity index (χ4n) is 1.05. The lowest BCUT2D eigenvalue weighted by atomic mass is 10.2. The summed E-state index contributed by atoms with van der Waals surface area (Å²) in [4.78, 5) is 11.1. The fraction of sp³-hybridized carbons (Fsp3) is 0.889. The first-order valence-electron chi connectivity index (χ1n) is 5.17. The summed E-state index contributed by atoms with van der Waals surface area (Å²) in [5, 5.41) is -4.49. The van der Waals surface area contributed by atoms with Crippen LogP contribution in [0.25, 0.3) is 0 Å². The Hall–Kier alpha value is -0.760. The van der Waals surface area contributed by atoms with Crippen LogP contribution < -0.4 is 0 Å². The fourth-order valence-corrected chi connectivity index (χ4v) is 1.52. The van der Waals surface area contributed by atoms with E-state index < -0.39 is 27.4 Å². The van der Waals surface area contributed by atoms with Crippen LogP contribution >= 0.6 is 0 Å². The molecule has 1 unspecified atom stereocenters. The Kier molecular flexibility index (Phi) is 5.97. The molecule has 0 aliphatic rings. The average Bonchev–Trinajstić information content (AvgIpc) is 2.16. The van der Waals surface area contributed by atoms with E-state index in [2.05, 4.69) is 4.74 Å². The van der Waals surface area contributed by atoms with Gasteiger partial charge in [-0.05, 0) is 13.3 Å². The standard InChI is InChI=1S/C9H16F2O5S/c1-3-4-5-6-8(12)16-7(2)9(10,11)17(13,14)15/h7H,3-6H2,1-2H3,(H,13,14,15). The molecule has 17 heavy (non-hydrogen) atoms. The number of carbonyl (C=O) groups excluding carboxylic acids is 1. The minimum absolute atomic E-state index is 0.0558. The molecule has 0 saturated carbocycles. The molecule has 0 rings (SSSR count). The molecule has 0 saturated heterocycles. The highest BCUT2D eigenvalue weighted by Gasteiger charge is 2.51. The molecule has 1 atom stereocenters. The maximum absolute atomic E-state index is 13.0. The van der Waals surface area contributed by atoms with Gasteiger partial charge in [-0.25, -0.2) is 0 Å². The summed E-state index contributed by atoms with van der Waals surface area (Å²) in [5.74, 6) is -0.908. The van der Waals surface area contributed by atoms with Gasteiger partial charge in [0.1, 0.15) is 0 Å². The first-order chi connectivity index (χ1) is 7.63. The lowest BCUT2D eigenvalue weighted by molar-refractivity contribution is -0.159. The van der Waals surface area contributed by atoms with Crippen molar-refractivity contribution in [1.82, 2.24) is 0 Å². The van der Waals surface area contributed by atoms with Crippen LogP contribution in [-0.2, 0) is 19.6 Å². The van der Waals surface area contributed by atoms with E-state index in [1.807, 2.05) is 6.92 Å². The summed E-state index contributed by atoms with van der Waals surface area (Å²) in [6.45, 7) is 2.62. The van der Waals surface area contributed by atoms with Gasteiger partial charge in [-0.2, -0.15) is 17.2 Å². The van der Waals surface area contributed by atoms with E-state index in [0.717, 1.165) is 12.8 Å². The van der Waals surface area contributed by atoms with E-state index in [4.69, 9.17) is 4.55 Å². The molecule has 0 aromatic carbocycles. The molecule has 0 heterocycles. The third kappa shape index (κ3) is 4.95. The Morgan fingerprint density at radius 2 is 1.94 bits per heavy atom. The highest BCUT2D eigenvalue weighted by atomic mass is 32.2. The maximum Gasteiger partial charge on any atom is 0.405 e. The molecule has 0 aliphatic carbocycles. The van der Waals surface area contributed by atoms with Crippen molar-refractivity contribution in [2.24, 2.45) is 0 Å². The van der Waals surface area contributed by atoms with Crippen LogP contribution in [0.4, 0.5) is 8.78 Å². The SMILES string of the molecule is CCCCCC(=O)OC(C)C(F)(F)S(=O)(=O)O. The minimum Gasteiger partial charge on any atom is -0.455 e. The Morgan fingerprint density at radius 1 is 1.41 bits per heavy atom. The summed E-state index contributed by atoms with van der Waals surface area (Å²) in [5.41, 5.74) is 0. The predicted molar refractivity (Wildman–Crippen MR) is 56.2 cm³/mol. The first kappa shape index (κ1) is 16.2. The molecule has 0 aliphatic heterocycles. The van der Waals surface area contributed by atoms with Gasteiger partial charge in [0.2, 0.25) is 0 Å². The topological polar surface area (TPSA) is 80.7 Å². The van der Waals surface area contributed by atoms with Crippen LogP contribution in [0.2, 0.25) is 0 Å². The summed E-state index contributed by atoms with van der Waals surface area (Å²) in [6.07, 6.45) is -0.187. The Balaban J connectivity index is 4.35. The smallest absolute Gasteiger partial charge is 0.405 e. The summed E-state index contributed by atoms with van der Waals surface area (Å²) < 4.78 is 59.2. The molecule has 0 aromatic heterocycles. The molecule has 0 radical (unpaired) electrons. The molecular weight excluding hydrogens is 258 g/mol. The second kappa shape index (κ2) is 6.25. The Bertz CT molecular complexity index is 352. The molecule has 0 fully saturated rings. The zero-order chi connectivity index (χ0) is 13.7. The number of esters is 1. The molecule has 0 spiro atoms. The van der Waals surface area contributed by atoms with E-state index >= 15 is 0 Å². The van der Waals surface area contributed by atoms with Crippen molar-refractivity contribution in [3.8, 4) is 0 Å². The number of carbonyl (C=O) groups is 1. The van der Waals surface area contributed by atoms with Crippen LogP contribution in [-0.4, -0.2) is 30.3 Å². The minimum atomic E-state index is -5.58. The summed E-state index contributed by atoms with van der Waals surface area (Å²) in [7, 11) is -5.58. The van der Waals surface area contributed by atoms with Gasteiger partial charge in [0, 0.05) is 6.42 Å². The highest BCUT2D eigenvalue weighted by molar-refractivity contribution is 7.86. The maximum atomic E-state index is 13.0. The van der Waals surface area contributed by atoms with Crippen LogP contribution in [0.15, 0.2) is 0 Å². The summed E-state index contributed by atoms with van der Waals surface area (Å²) in [6, 6.07) is 0. The van der Waals surface area contributed by atoms with Crippen LogP contribution in [0.5, 0.6) is 0 Å². The second-order valence-electron chi connectivity index (χ2n) is 3.63. The van der Waals surface area contributed by atoms with Gasteiger partial charge in [0.15, 0.2) is 6.10 Å². The van der Waals surface area contributed by atoms with Gasteiger partial charge in [-0.1, -0.05) is 19.8 Å². The molecule has 1 N–H and O–H groups in total. The number of hydrogen-bond acceptors (Lipinski definition) is 4. The van der Waals surface area contributed by atoms with Crippen molar-refractivity contribution < 1.29 is 31.3 Å². The monoisotopic (exact) mass is 274 g/mol. The molecular formula is C9H16F2O5S. The van der Waals surface area contributed by atoms with Crippen LogP contribution in [0, 0.1) is 0 Å². The largest absolute Gasteiger partial charge is 0.455 e. The third-order valence-corrected chi connectivity index (χ3v) is 3.13. The lowest BCUT2D eigenvalue weighted by Crippen LogP contribution is -2.41. The normalized spacial score (nSPS) is 14.4. The number of halogens is 2. The van der Waals surface area contributed by atoms with Gasteiger partial charge < -0.3 is 4.74 Å². The number of rotatable bonds is 7. The van der Waals surface area contributed by atoms with E-state index in [9.17, 15) is 22.0 Å². The number of alkyl halides is 2. The number of hydrogen-bond donors (Lipinski definition) is 1. The third-order valence-electron chi connectivity index (χ3n) is 2.11. The van der Waals surface area contributed by atoms with Crippen molar-refractivity contribution in [2.45, 2.75) is 50.9 Å². The Labute approximate surface area is 98.9 Å². The second-order valence-corrected chi connectivity index (χ2v) is 5.12. The van der Waals surface area contributed by atoms with Crippen LogP contribution in [0.3, 0.4) is 0 Å². The van der Waals surface area contributed by atoms with E-state index in [-0.39, 0.29) is 6.42 Å². The molecule has 8 heteroatoms. The summed E-state index contributed by atoms with van der Waals surface area (Å²) >= 11 is 0. The Morgan fingerprint density at radius 3 is 2.35 bits per heavy atom. The molecule has 102 valence electrons. The molecule has 5 nitrogen and oxygen atoms in total. The van der Waals surface area contributed by atoms with Gasteiger partial charge in [-0.15, -0.1) is 0 Å². The van der Waals surface area contributed by atoms with Crippen molar-refractivity contribution in [2.75, 3.05) is 0 Å². The van der Waals surface area contributed by atoms with E-state index in [0.29, 0.717) is 13.3 Å². The quantitative estimate of drug-likeness (QED) is 0.436. The van der Waals surface area contributed by atoms with Gasteiger partial charge in [0.25, 0.3) is 0 Å². The first-order valence-corrected chi connectivity index (χ1v) is 6.61. The van der Waals surface area contributed by atoms with Crippen molar-refractivity contribution in [1.29, 1.82) is 0 Å². The van der Waals surface area contributed by atoms with E-state index in [1.54, 1.807) is 0 Å². The average molecular weight is 274 g/mol. The molecule has 0 amide bonds. The van der Waals surface area contributed by atoms with Gasteiger partial charge in [-0.3, -0.25) is 9.35 Å². The van der Waals surface area contributed by atoms with Crippen molar-refractivity contribution in [3.63, 3.8) is 0 Å². The molecule has 0 aromatic rings. The van der Waals surface area contributed by atoms with Gasteiger partial charge in [0.05, 0.1) is 0 Å².